The zero-order valence-corrected chi connectivity index (χ0v) is 16.2. The quantitative estimate of drug-likeness (QED) is 0.847. The van der Waals surface area contributed by atoms with Gasteiger partial charge in [-0.1, -0.05) is 29.8 Å². The molecule has 1 aliphatic heterocycles. The third-order valence-electron chi connectivity index (χ3n) is 7.26. The van der Waals surface area contributed by atoms with E-state index in [1.165, 1.54) is 50.0 Å². The molecule has 0 aromatic heterocycles. The van der Waals surface area contributed by atoms with Crippen LogP contribution in [0.3, 0.4) is 0 Å². The summed E-state index contributed by atoms with van der Waals surface area (Å²) < 4.78 is 0. The van der Waals surface area contributed by atoms with E-state index in [1.54, 1.807) is 0 Å². The lowest BCUT2D eigenvalue weighted by molar-refractivity contribution is 0.0350. The molecule has 1 aromatic rings. The van der Waals surface area contributed by atoms with Crippen LogP contribution >= 0.6 is 0 Å². The third-order valence-corrected chi connectivity index (χ3v) is 7.26. The summed E-state index contributed by atoms with van der Waals surface area (Å²) in [5, 5.41) is 20.8. The van der Waals surface area contributed by atoms with Crippen molar-refractivity contribution in [3.63, 3.8) is 0 Å². The first-order valence-electron chi connectivity index (χ1n) is 10.7. The monoisotopic (exact) mass is 357 g/mol. The Morgan fingerprint density at radius 2 is 1.62 bits per heavy atom. The Bertz CT molecular complexity index is 577. The Kier molecular flexibility index (Phi) is 5.41. The number of aliphatic hydroxyl groups excluding tert-OH is 1. The van der Waals surface area contributed by atoms with Gasteiger partial charge < -0.3 is 15.1 Å². The van der Waals surface area contributed by atoms with Crippen molar-refractivity contribution in [1.82, 2.24) is 4.90 Å². The molecule has 0 amide bonds. The predicted molar refractivity (Wildman–Crippen MR) is 105 cm³/mol. The van der Waals surface area contributed by atoms with Crippen LogP contribution in [0.4, 0.5) is 0 Å². The van der Waals surface area contributed by atoms with Gasteiger partial charge in [0.25, 0.3) is 0 Å². The van der Waals surface area contributed by atoms with Gasteiger partial charge in [-0.25, -0.2) is 0 Å². The van der Waals surface area contributed by atoms with Crippen molar-refractivity contribution >= 4 is 0 Å². The summed E-state index contributed by atoms with van der Waals surface area (Å²) in [6.45, 7) is 5.68. The molecule has 1 saturated heterocycles. The molecule has 144 valence electrons. The minimum absolute atomic E-state index is 0.0383. The standard InChI is InChI=1S/C23H35NO2/c1-17-2-4-19(5-3-17)12-23(26)13-20-15-24(16-21(20)14-23)11-10-18-6-8-22(25)9-7-18/h2-5,18,20-22,25-26H,6-16H2,1H3/t18?,20-,21+,22?,23?. The van der Waals surface area contributed by atoms with E-state index in [0.29, 0.717) is 11.8 Å². The molecule has 1 heterocycles. The van der Waals surface area contributed by atoms with Crippen molar-refractivity contribution < 1.29 is 10.2 Å². The number of benzene rings is 1. The van der Waals surface area contributed by atoms with Crippen molar-refractivity contribution in [1.29, 1.82) is 0 Å². The Hall–Kier alpha value is -0.900. The summed E-state index contributed by atoms with van der Waals surface area (Å²) in [4.78, 5) is 2.64. The van der Waals surface area contributed by atoms with Crippen LogP contribution in [-0.4, -0.2) is 46.5 Å². The smallest absolute Gasteiger partial charge is 0.0694 e. The summed E-state index contributed by atoms with van der Waals surface area (Å²) in [6.07, 6.45) is 8.42. The molecule has 2 N–H and O–H groups in total. The average Bonchev–Trinajstić information content (AvgIpc) is 3.11. The number of hydrogen-bond donors (Lipinski definition) is 2. The van der Waals surface area contributed by atoms with Crippen LogP contribution in [0.2, 0.25) is 0 Å². The fraction of sp³-hybridized carbons (Fsp3) is 0.739. The third kappa shape index (κ3) is 4.32. The maximum atomic E-state index is 11.1. The predicted octanol–water partition coefficient (Wildman–Crippen LogP) is 3.55. The molecule has 3 atom stereocenters. The largest absolute Gasteiger partial charge is 0.393 e. The van der Waals surface area contributed by atoms with Gasteiger partial charge in [0, 0.05) is 19.5 Å². The second-order valence-corrected chi connectivity index (χ2v) is 9.54. The number of nitrogens with zero attached hydrogens (tertiary/aromatic N) is 1. The van der Waals surface area contributed by atoms with Crippen LogP contribution in [-0.2, 0) is 6.42 Å². The van der Waals surface area contributed by atoms with E-state index >= 15 is 0 Å². The summed E-state index contributed by atoms with van der Waals surface area (Å²) in [7, 11) is 0. The fourth-order valence-electron chi connectivity index (χ4n) is 5.77. The van der Waals surface area contributed by atoms with Crippen LogP contribution in [0, 0.1) is 24.7 Å². The minimum Gasteiger partial charge on any atom is -0.393 e. The molecule has 26 heavy (non-hydrogen) atoms. The number of aliphatic hydroxyl groups is 2. The molecule has 3 nitrogen and oxygen atoms in total. The summed E-state index contributed by atoms with van der Waals surface area (Å²) in [6, 6.07) is 8.66. The van der Waals surface area contributed by atoms with Crippen LogP contribution in [0.25, 0.3) is 0 Å². The minimum atomic E-state index is -0.490. The second kappa shape index (κ2) is 7.61. The highest BCUT2D eigenvalue weighted by molar-refractivity contribution is 5.23. The van der Waals surface area contributed by atoms with Gasteiger partial charge in [-0.05, 0) is 81.7 Å². The van der Waals surface area contributed by atoms with Crippen molar-refractivity contribution in [3.05, 3.63) is 35.4 Å². The number of fused-ring (bicyclic) bond motifs is 1. The topological polar surface area (TPSA) is 43.7 Å². The highest BCUT2D eigenvalue weighted by Gasteiger charge is 2.47. The first-order chi connectivity index (χ1) is 12.5. The molecule has 3 heteroatoms. The number of likely N-dealkylation sites (tertiary alicyclic amines) is 1. The molecule has 2 saturated carbocycles. The lowest BCUT2D eigenvalue weighted by atomic mass is 9.85. The van der Waals surface area contributed by atoms with E-state index < -0.39 is 5.60 Å². The molecule has 0 spiro atoms. The molecule has 0 radical (unpaired) electrons. The molecular weight excluding hydrogens is 322 g/mol. The van der Waals surface area contributed by atoms with Crippen LogP contribution in [0.15, 0.2) is 24.3 Å². The van der Waals surface area contributed by atoms with Crippen LogP contribution < -0.4 is 0 Å². The molecular formula is C23H35NO2. The number of aryl methyl sites for hydroxylation is 1. The zero-order chi connectivity index (χ0) is 18.1. The van der Waals surface area contributed by atoms with Gasteiger partial charge in [-0.2, -0.15) is 0 Å². The van der Waals surface area contributed by atoms with Gasteiger partial charge in [-0.3, -0.25) is 0 Å². The molecule has 1 unspecified atom stereocenters. The second-order valence-electron chi connectivity index (χ2n) is 9.54. The van der Waals surface area contributed by atoms with Crippen molar-refractivity contribution in [3.8, 4) is 0 Å². The average molecular weight is 358 g/mol. The van der Waals surface area contributed by atoms with Crippen molar-refractivity contribution in [2.45, 2.75) is 70.0 Å². The number of rotatable bonds is 5. The zero-order valence-electron chi connectivity index (χ0n) is 16.2. The van der Waals surface area contributed by atoms with E-state index in [1.807, 2.05) is 0 Å². The maximum Gasteiger partial charge on any atom is 0.0694 e. The van der Waals surface area contributed by atoms with Gasteiger partial charge >= 0.3 is 0 Å². The van der Waals surface area contributed by atoms with Crippen LogP contribution in [0.1, 0.15) is 56.1 Å². The molecule has 3 fully saturated rings. The maximum absolute atomic E-state index is 11.1. The Morgan fingerprint density at radius 1 is 1.00 bits per heavy atom. The highest BCUT2D eigenvalue weighted by Crippen LogP contribution is 2.45. The first-order valence-corrected chi connectivity index (χ1v) is 10.7. The van der Waals surface area contributed by atoms with Crippen molar-refractivity contribution in [2.75, 3.05) is 19.6 Å². The van der Waals surface area contributed by atoms with E-state index in [9.17, 15) is 10.2 Å². The van der Waals surface area contributed by atoms with Gasteiger partial charge in [0.2, 0.25) is 0 Å². The van der Waals surface area contributed by atoms with E-state index in [0.717, 1.165) is 38.0 Å². The summed E-state index contributed by atoms with van der Waals surface area (Å²) in [5.41, 5.74) is 2.07. The van der Waals surface area contributed by atoms with Crippen LogP contribution in [0.5, 0.6) is 0 Å². The molecule has 0 bridgehead atoms. The fourth-order valence-corrected chi connectivity index (χ4v) is 5.77. The van der Waals surface area contributed by atoms with Crippen molar-refractivity contribution in [2.24, 2.45) is 17.8 Å². The highest BCUT2D eigenvalue weighted by atomic mass is 16.3. The Balaban J connectivity index is 1.24. The number of hydrogen-bond acceptors (Lipinski definition) is 3. The van der Waals surface area contributed by atoms with E-state index in [4.69, 9.17) is 0 Å². The van der Waals surface area contributed by atoms with Gasteiger partial charge in [0.1, 0.15) is 0 Å². The van der Waals surface area contributed by atoms with Gasteiger partial charge in [-0.15, -0.1) is 0 Å². The van der Waals surface area contributed by atoms with Gasteiger partial charge in [0.05, 0.1) is 11.7 Å². The summed E-state index contributed by atoms with van der Waals surface area (Å²) >= 11 is 0. The molecule has 2 aliphatic carbocycles. The first kappa shape index (κ1) is 18.5. The molecule has 3 aliphatic rings. The lowest BCUT2D eigenvalue weighted by Crippen LogP contribution is -2.33. The lowest BCUT2D eigenvalue weighted by Gasteiger charge is -2.28. The molecule has 4 rings (SSSR count). The SMILES string of the molecule is Cc1ccc(CC2(O)C[C@H]3CN(CCC4CCC(O)CC4)C[C@H]3C2)cc1. The summed E-state index contributed by atoms with van der Waals surface area (Å²) in [5.74, 6) is 2.18. The normalized spacial score (nSPS) is 37.8. The van der Waals surface area contributed by atoms with E-state index in [2.05, 4.69) is 36.1 Å². The Morgan fingerprint density at radius 3 is 2.23 bits per heavy atom. The van der Waals surface area contributed by atoms with Gasteiger partial charge in [0.15, 0.2) is 0 Å². The Labute approximate surface area is 158 Å². The van der Waals surface area contributed by atoms with E-state index in [-0.39, 0.29) is 6.10 Å². The molecule has 1 aromatic carbocycles.